The molecule has 0 unspecified atom stereocenters. The van der Waals surface area contributed by atoms with Crippen LogP contribution >= 0.6 is 11.6 Å². The summed E-state index contributed by atoms with van der Waals surface area (Å²) in [6.07, 6.45) is 0. The first-order valence-corrected chi connectivity index (χ1v) is 11.6. The molecule has 0 saturated carbocycles. The molecule has 2 N–H and O–H groups in total. The number of ether oxygens (including phenoxy) is 2. The Kier molecular flexibility index (Phi) is 6.43. The molecule has 1 aromatic heterocycles. The van der Waals surface area contributed by atoms with E-state index in [4.69, 9.17) is 21.1 Å². The molecule has 0 saturated heterocycles. The highest BCUT2D eigenvalue weighted by atomic mass is 35.5. The Labute approximate surface area is 196 Å². The molecule has 0 aliphatic carbocycles. The lowest BCUT2D eigenvalue weighted by Gasteiger charge is -2.11. The average molecular weight is 485 g/mol. The maximum atomic E-state index is 13.4. The third-order valence-electron chi connectivity index (χ3n) is 4.74. The number of nitrogens with one attached hydrogen (secondary N) is 2. The van der Waals surface area contributed by atoms with Crippen molar-refractivity contribution in [3.63, 3.8) is 0 Å². The minimum atomic E-state index is -4.00. The van der Waals surface area contributed by atoms with Crippen LogP contribution in [0.15, 0.2) is 83.8 Å². The van der Waals surface area contributed by atoms with Gasteiger partial charge < -0.3 is 20.1 Å². The van der Waals surface area contributed by atoms with E-state index in [-0.39, 0.29) is 10.7 Å². The molecule has 4 aromatic rings. The summed E-state index contributed by atoms with van der Waals surface area (Å²) in [4.78, 5) is 0.0591. The molecular weight excluding hydrogens is 464 g/mol. The summed E-state index contributed by atoms with van der Waals surface area (Å²) in [5, 5.41) is 11.0. The SMILES string of the molecule is COc1ccc(Nc2cc(Nc3ccc(OC)cc3)n(S(=O)(=O)c3ccc(Cl)cc3)n2)cc1. The highest BCUT2D eigenvalue weighted by Gasteiger charge is 2.23. The number of hydrogen-bond donors (Lipinski definition) is 2. The summed E-state index contributed by atoms with van der Waals surface area (Å²) in [5.41, 5.74) is 1.39. The predicted octanol–water partition coefficient (Wildman–Crippen LogP) is 5.28. The fourth-order valence-electron chi connectivity index (χ4n) is 3.04. The number of benzene rings is 3. The number of anilines is 4. The Bertz CT molecular complexity index is 1340. The summed E-state index contributed by atoms with van der Waals surface area (Å²) >= 11 is 5.93. The lowest BCUT2D eigenvalue weighted by atomic mass is 10.3. The Morgan fingerprint density at radius 3 is 1.82 bits per heavy atom. The number of halogens is 1. The van der Waals surface area contributed by atoms with Crippen LogP contribution in [-0.4, -0.2) is 31.8 Å². The van der Waals surface area contributed by atoms with E-state index in [2.05, 4.69) is 15.7 Å². The van der Waals surface area contributed by atoms with Gasteiger partial charge in [-0.25, -0.2) is 0 Å². The van der Waals surface area contributed by atoms with Gasteiger partial charge in [0.25, 0.3) is 10.0 Å². The third kappa shape index (κ3) is 5.05. The van der Waals surface area contributed by atoms with Gasteiger partial charge in [-0.05, 0) is 72.8 Å². The topological polar surface area (TPSA) is 94.5 Å². The Morgan fingerprint density at radius 1 is 0.788 bits per heavy atom. The minimum Gasteiger partial charge on any atom is -0.497 e. The van der Waals surface area contributed by atoms with Gasteiger partial charge in [0.15, 0.2) is 5.82 Å². The monoisotopic (exact) mass is 484 g/mol. The molecule has 10 heteroatoms. The molecule has 0 aliphatic rings. The number of hydrogen-bond acceptors (Lipinski definition) is 7. The van der Waals surface area contributed by atoms with Gasteiger partial charge in [-0.2, -0.15) is 8.42 Å². The fourth-order valence-corrected chi connectivity index (χ4v) is 4.40. The van der Waals surface area contributed by atoms with E-state index in [0.717, 1.165) is 9.77 Å². The molecule has 0 spiro atoms. The number of methoxy groups -OCH3 is 2. The van der Waals surface area contributed by atoms with Crippen molar-refractivity contribution < 1.29 is 17.9 Å². The molecule has 1 heterocycles. The Morgan fingerprint density at radius 2 is 1.30 bits per heavy atom. The fraction of sp³-hybridized carbons (Fsp3) is 0.0870. The Hall–Kier alpha value is -3.69. The zero-order valence-corrected chi connectivity index (χ0v) is 19.4. The molecule has 0 radical (unpaired) electrons. The van der Waals surface area contributed by atoms with Gasteiger partial charge in [-0.3, -0.25) is 0 Å². The molecule has 33 heavy (non-hydrogen) atoms. The molecule has 0 bridgehead atoms. The van der Waals surface area contributed by atoms with Crippen LogP contribution in [0.5, 0.6) is 11.5 Å². The van der Waals surface area contributed by atoms with Gasteiger partial charge in [0.2, 0.25) is 0 Å². The van der Waals surface area contributed by atoms with E-state index < -0.39 is 10.0 Å². The molecule has 0 atom stereocenters. The summed E-state index contributed by atoms with van der Waals surface area (Å²) in [7, 11) is -0.839. The van der Waals surface area contributed by atoms with Gasteiger partial charge in [-0.15, -0.1) is 9.19 Å². The van der Waals surface area contributed by atoms with E-state index in [9.17, 15) is 8.42 Å². The Balaban J connectivity index is 1.72. The van der Waals surface area contributed by atoms with Crippen molar-refractivity contribution >= 4 is 44.6 Å². The van der Waals surface area contributed by atoms with Crippen LogP contribution in [0.4, 0.5) is 23.0 Å². The molecule has 0 fully saturated rings. The first kappa shape index (κ1) is 22.5. The second-order valence-corrected chi connectivity index (χ2v) is 9.13. The smallest absolute Gasteiger partial charge is 0.284 e. The maximum absolute atomic E-state index is 13.4. The summed E-state index contributed by atoms with van der Waals surface area (Å²) in [6.45, 7) is 0. The van der Waals surface area contributed by atoms with Crippen molar-refractivity contribution in [2.75, 3.05) is 24.9 Å². The summed E-state index contributed by atoms with van der Waals surface area (Å²) in [6, 6.07) is 21.8. The van der Waals surface area contributed by atoms with E-state index in [0.29, 0.717) is 28.0 Å². The van der Waals surface area contributed by atoms with Gasteiger partial charge in [0.05, 0.1) is 19.1 Å². The van der Waals surface area contributed by atoms with Crippen LogP contribution in [-0.2, 0) is 10.0 Å². The van der Waals surface area contributed by atoms with Crippen LogP contribution < -0.4 is 20.1 Å². The van der Waals surface area contributed by atoms with Crippen molar-refractivity contribution in [3.05, 3.63) is 83.9 Å². The van der Waals surface area contributed by atoms with Crippen LogP contribution in [0.3, 0.4) is 0 Å². The highest BCUT2D eigenvalue weighted by Crippen LogP contribution is 2.28. The van der Waals surface area contributed by atoms with Crippen molar-refractivity contribution in [1.29, 1.82) is 0 Å². The van der Waals surface area contributed by atoms with E-state index >= 15 is 0 Å². The van der Waals surface area contributed by atoms with Crippen LogP contribution in [0.2, 0.25) is 5.02 Å². The zero-order valence-electron chi connectivity index (χ0n) is 17.8. The standard InChI is InChI=1S/C23H21ClN4O4S/c1-31-19-9-5-17(6-10-19)25-22-15-23(26-18-7-11-20(32-2)12-8-18)28(27-22)33(29,30)21-13-3-16(24)4-14-21/h3-15,26H,1-2H3,(H,25,27). The van der Waals surface area contributed by atoms with Crippen molar-refractivity contribution in [2.45, 2.75) is 4.90 Å². The number of rotatable bonds is 8. The summed E-state index contributed by atoms with van der Waals surface area (Å²) in [5.74, 6) is 1.99. The van der Waals surface area contributed by atoms with Crippen LogP contribution in [0, 0.1) is 0 Å². The third-order valence-corrected chi connectivity index (χ3v) is 6.60. The summed E-state index contributed by atoms with van der Waals surface area (Å²) < 4.78 is 38.0. The average Bonchev–Trinajstić information content (AvgIpc) is 3.23. The van der Waals surface area contributed by atoms with E-state index in [1.807, 2.05) is 12.1 Å². The molecule has 3 aromatic carbocycles. The molecule has 4 rings (SSSR count). The van der Waals surface area contributed by atoms with Gasteiger partial charge in [0, 0.05) is 22.5 Å². The van der Waals surface area contributed by atoms with Gasteiger partial charge >= 0.3 is 0 Å². The zero-order chi connectivity index (χ0) is 23.4. The molecule has 8 nitrogen and oxygen atoms in total. The maximum Gasteiger partial charge on any atom is 0.284 e. The highest BCUT2D eigenvalue weighted by molar-refractivity contribution is 7.90. The second kappa shape index (κ2) is 9.43. The predicted molar refractivity (Wildman–Crippen MR) is 129 cm³/mol. The van der Waals surface area contributed by atoms with Crippen LogP contribution in [0.25, 0.3) is 0 Å². The van der Waals surface area contributed by atoms with Crippen LogP contribution in [0.1, 0.15) is 0 Å². The molecule has 170 valence electrons. The number of aromatic nitrogens is 2. The first-order chi connectivity index (χ1) is 15.9. The lowest BCUT2D eigenvalue weighted by Crippen LogP contribution is -2.16. The number of nitrogens with zero attached hydrogens (tertiary/aromatic N) is 2. The van der Waals surface area contributed by atoms with Crippen molar-refractivity contribution in [2.24, 2.45) is 0 Å². The van der Waals surface area contributed by atoms with Crippen molar-refractivity contribution in [1.82, 2.24) is 9.19 Å². The van der Waals surface area contributed by atoms with E-state index in [1.165, 1.54) is 24.3 Å². The first-order valence-electron chi connectivity index (χ1n) is 9.82. The molecular formula is C23H21ClN4O4S. The van der Waals surface area contributed by atoms with Gasteiger partial charge in [0.1, 0.15) is 17.3 Å². The van der Waals surface area contributed by atoms with Gasteiger partial charge in [-0.1, -0.05) is 11.6 Å². The quantitative estimate of drug-likeness (QED) is 0.351. The normalized spacial score (nSPS) is 11.1. The van der Waals surface area contributed by atoms with Crippen molar-refractivity contribution in [3.8, 4) is 11.5 Å². The largest absolute Gasteiger partial charge is 0.497 e. The molecule has 0 amide bonds. The minimum absolute atomic E-state index is 0.0591. The second-order valence-electron chi connectivity index (χ2n) is 6.92. The lowest BCUT2D eigenvalue weighted by molar-refractivity contribution is 0.415. The van der Waals surface area contributed by atoms with E-state index in [1.54, 1.807) is 56.7 Å². The molecule has 0 aliphatic heterocycles.